The molecule has 0 N–H and O–H groups in total. The molecule has 0 amide bonds. The lowest BCUT2D eigenvalue weighted by molar-refractivity contribution is -0.369. The molecule has 2 aromatic carbocycles. The Morgan fingerprint density at radius 2 is 1.56 bits per heavy atom. The molecule has 4 nitrogen and oxygen atoms in total. The van der Waals surface area contributed by atoms with Crippen LogP contribution in [-0.2, 0) is 5.41 Å². The van der Waals surface area contributed by atoms with E-state index in [-0.39, 0.29) is 5.41 Å². The van der Waals surface area contributed by atoms with Crippen LogP contribution < -0.4 is 9.31 Å². The zero-order valence-electron chi connectivity index (χ0n) is 21.1. The Hall–Kier alpha value is -3.47. The predicted octanol–water partition coefficient (Wildman–Crippen LogP) is 6.36. The van der Waals surface area contributed by atoms with E-state index < -0.39 is 6.82 Å². The third-order valence-corrected chi connectivity index (χ3v) is 7.40. The van der Waals surface area contributed by atoms with Gasteiger partial charge in [0.2, 0.25) is 0 Å². The second-order valence-corrected chi connectivity index (χ2v) is 10.9. The molecule has 0 bridgehead atoms. The smallest absolute Gasteiger partial charge is 0.599 e. The lowest BCUT2D eigenvalue weighted by Crippen LogP contribution is -2.65. The summed E-state index contributed by atoms with van der Waals surface area (Å²) in [5, 5.41) is 0. The maximum atomic E-state index is 6.95. The van der Waals surface area contributed by atoms with Gasteiger partial charge in [0, 0.05) is 24.3 Å². The fraction of sp³-hybridized carbons (Fsp3) is 0.276. The van der Waals surface area contributed by atoms with Crippen LogP contribution in [0.3, 0.4) is 0 Å². The molecular formula is C29H31BN2O2. The minimum atomic E-state index is -2.05. The molecule has 5 heteroatoms. The number of benzene rings is 2. The van der Waals surface area contributed by atoms with Crippen molar-refractivity contribution in [2.24, 2.45) is 0 Å². The highest BCUT2D eigenvalue weighted by atomic mass is 16.7. The van der Waals surface area contributed by atoms with Crippen LogP contribution in [0.5, 0.6) is 11.5 Å². The van der Waals surface area contributed by atoms with E-state index in [1.54, 1.807) is 0 Å². The number of rotatable bonds is 1. The summed E-state index contributed by atoms with van der Waals surface area (Å²) in [6, 6.07) is 19.3. The normalized spacial score (nSPS) is 20.7. The molecule has 0 saturated heterocycles. The van der Waals surface area contributed by atoms with Crippen LogP contribution in [0.25, 0.3) is 5.57 Å². The van der Waals surface area contributed by atoms with Crippen LogP contribution in [0.15, 0.2) is 71.9 Å². The van der Waals surface area contributed by atoms with E-state index >= 15 is 0 Å². The summed E-state index contributed by atoms with van der Waals surface area (Å²) in [6.45, 7) is 13.3. The van der Waals surface area contributed by atoms with Crippen molar-refractivity contribution < 1.29 is 13.8 Å². The number of hydrogen-bond donors (Lipinski definition) is 0. The van der Waals surface area contributed by atoms with E-state index in [9.17, 15) is 0 Å². The molecule has 3 aliphatic heterocycles. The lowest BCUT2D eigenvalue weighted by Gasteiger charge is -2.39. The second-order valence-electron chi connectivity index (χ2n) is 10.9. The summed E-state index contributed by atoms with van der Waals surface area (Å²) in [6.07, 6.45) is 2.25. The zero-order chi connectivity index (χ0) is 24.0. The first-order valence-corrected chi connectivity index (χ1v) is 12.1. The number of nitrogens with zero attached hydrogens (tertiary/aromatic N) is 2. The van der Waals surface area contributed by atoms with Crippen molar-refractivity contribution in [3.05, 3.63) is 100 Å². The topological polar surface area (TPSA) is 26.4 Å². The molecular weight excluding hydrogens is 419 g/mol. The van der Waals surface area contributed by atoms with Crippen LogP contribution in [0.1, 0.15) is 62.7 Å². The first-order valence-electron chi connectivity index (χ1n) is 12.1. The average molecular weight is 450 g/mol. The molecule has 34 heavy (non-hydrogen) atoms. The average Bonchev–Trinajstić information content (AvgIpc) is 3.40. The van der Waals surface area contributed by atoms with Gasteiger partial charge in [-0.2, -0.15) is 0 Å². The highest BCUT2D eigenvalue weighted by Gasteiger charge is 2.62. The van der Waals surface area contributed by atoms with E-state index in [4.69, 9.17) is 9.31 Å². The largest absolute Gasteiger partial charge is 0.780 e. The van der Waals surface area contributed by atoms with Crippen LogP contribution in [0.2, 0.25) is 0 Å². The van der Waals surface area contributed by atoms with Gasteiger partial charge in [-0.3, -0.25) is 0 Å². The Labute approximate surface area is 201 Å². The maximum absolute atomic E-state index is 6.95. The summed E-state index contributed by atoms with van der Waals surface area (Å²) in [5.74, 6) is 1.61. The second kappa shape index (κ2) is 6.78. The van der Waals surface area contributed by atoms with E-state index in [1.165, 1.54) is 39.2 Å². The summed E-state index contributed by atoms with van der Waals surface area (Å²) in [4.78, 5) is 0. The number of aromatic nitrogens is 1. The molecule has 1 unspecified atom stereocenters. The molecule has 0 aliphatic carbocycles. The number of hydrogen-bond acceptors (Lipinski definition) is 2. The fourth-order valence-corrected chi connectivity index (χ4v) is 5.95. The first-order chi connectivity index (χ1) is 16.1. The molecule has 3 aliphatic rings. The molecule has 0 radical (unpaired) electrons. The summed E-state index contributed by atoms with van der Waals surface area (Å²) < 4.78 is 18.4. The first kappa shape index (κ1) is 21.1. The molecule has 1 atom stereocenters. The van der Waals surface area contributed by atoms with E-state index in [2.05, 4.69) is 118 Å². The molecule has 0 saturated carbocycles. The lowest BCUT2D eigenvalue weighted by atomic mass is 9.78. The van der Waals surface area contributed by atoms with Gasteiger partial charge in [0.25, 0.3) is 0 Å². The Balaban J connectivity index is 1.66. The molecule has 1 aromatic heterocycles. The van der Waals surface area contributed by atoms with Crippen LogP contribution in [0.4, 0.5) is 0 Å². The van der Waals surface area contributed by atoms with Gasteiger partial charge in [0.05, 0.1) is 5.57 Å². The van der Waals surface area contributed by atoms with E-state index in [1.807, 2.05) is 0 Å². The summed E-state index contributed by atoms with van der Waals surface area (Å²) >= 11 is 0. The predicted molar refractivity (Wildman–Crippen MR) is 139 cm³/mol. The fourth-order valence-electron chi connectivity index (χ4n) is 5.95. The molecule has 1 spiro atoms. The Morgan fingerprint density at radius 3 is 2.26 bits per heavy atom. The molecule has 4 heterocycles. The third kappa shape index (κ3) is 2.70. The van der Waals surface area contributed by atoms with Crippen molar-refractivity contribution in [2.75, 3.05) is 0 Å². The minimum absolute atomic E-state index is 0.0260. The van der Waals surface area contributed by atoms with Gasteiger partial charge >= 0.3 is 6.82 Å². The third-order valence-electron chi connectivity index (χ3n) is 7.40. The van der Waals surface area contributed by atoms with E-state index in [0.29, 0.717) is 0 Å². The van der Waals surface area contributed by atoms with Crippen molar-refractivity contribution in [3.63, 3.8) is 0 Å². The van der Waals surface area contributed by atoms with Gasteiger partial charge in [0.1, 0.15) is 17.2 Å². The van der Waals surface area contributed by atoms with Gasteiger partial charge in [-0.1, -0.05) is 57.2 Å². The van der Waals surface area contributed by atoms with Gasteiger partial charge in [-0.15, -0.1) is 0 Å². The van der Waals surface area contributed by atoms with Crippen molar-refractivity contribution in [2.45, 2.75) is 53.9 Å². The zero-order valence-corrected chi connectivity index (χ0v) is 21.1. The number of allylic oxidation sites excluding steroid dienone is 2. The van der Waals surface area contributed by atoms with E-state index in [0.717, 1.165) is 22.9 Å². The SMILES string of the molecule is CC1=CC(C)=[N+]2C1=C(c1ccccc1)c1c(C)cc(C)n1[B-]21Oc2ccc(C(C)(C)C)cc2O1. The van der Waals surface area contributed by atoms with Gasteiger partial charge in [0.15, 0.2) is 5.70 Å². The molecule has 3 aromatic rings. The maximum Gasteiger partial charge on any atom is 0.780 e. The van der Waals surface area contributed by atoms with Crippen molar-refractivity contribution >= 4 is 18.1 Å². The molecule has 172 valence electrons. The van der Waals surface area contributed by atoms with Crippen LogP contribution in [0, 0.1) is 13.8 Å². The van der Waals surface area contributed by atoms with Gasteiger partial charge in [-0.05, 0) is 66.8 Å². The van der Waals surface area contributed by atoms with Crippen molar-refractivity contribution in [1.29, 1.82) is 0 Å². The minimum Gasteiger partial charge on any atom is -0.599 e. The Morgan fingerprint density at radius 1 is 0.853 bits per heavy atom. The van der Waals surface area contributed by atoms with Gasteiger partial charge < -0.3 is 18.3 Å². The highest BCUT2D eigenvalue weighted by molar-refractivity contribution is 6.62. The molecule has 6 rings (SSSR count). The molecule has 0 fully saturated rings. The van der Waals surface area contributed by atoms with Crippen LogP contribution >= 0.6 is 0 Å². The van der Waals surface area contributed by atoms with Crippen molar-refractivity contribution in [3.8, 4) is 11.5 Å². The van der Waals surface area contributed by atoms with Crippen LogP contribution in [-0.4, -0.2) is 21.5 Å². The van der Waals surface area contributed by atoms with Crippen molar-refractivity contribution in [1.82, 2.24) is 4.48 Å². The number of aryl methyl sites for hydroxylation is 2. The highest BCUT2D eigenvalue weighted by Crippen LogP contribution is 2.49. The Kier molecular flexibility index (Phi) is 4.21. The summed E-state index contributed by atoms with van der Waals surface area (Å²) in [7, 11) is 0. The number of fused-ring (bicyclic) bond motifs is 5. The standard InChI is InChI=1S/C29H31BN2O2/c1-18-15-20(3)31-27(18)26(22-11-9-8-10-12-22)28-19(2)16-21(4)32(28)30(31)33-24-14-13-23(29(5,6)7)17-25(24)34-30/h8-17H,1-7H3. The quantitative estimate of drug-likeness (QED) is 0.403. The summed E-state index contributed by atoms with van der Waals surface area (Å²) in [5.41, 5.74) is 10.7. The monoisotopic (exact) mass is 450 g/mol. The Bertz CT molecular complexity index is 1470. The van der Waals surface area contributed by atoms with Gasteiger partial charge in [-0.25, -0.2) is 0 Å².